The molecule has 0 atom stereocenters. The van der Waals surface area contributed by atoms with Gasteiger partial charge in [0.05, 0.1) is 5.56 Å². The third-order valence-electron chi connectivity index (χ3n) is 10.7. The van der Waals surface area contributed by atoms with E-state index >= 15 is 0 Å². The average Bonchev–Trinajstić information content (AvgIpc) is 3.79. The molecule has 2 aliphatic rings. The second-order valence-corrected chi connectivity index (χ2v) is 13.7. The number of hydrogen-bond donors (Lipinski definition) is 0. The van der Waals surface area contributed by atoms with Gasteiger partial charge in [0.1, 0.15) is 22.5 Å². The number of aryl methyl sites for hydroxylation is 2. The maximum absolute atomic E-state index is 6.51. The van der Waals surface area contributed by atoms with Gasteiger partial charge in [-0.3, -0.25) is 0 Å². The van der Waals surface area contributed by atoms with Crippen LogP contribution in [-0.2, 0) is 12.8 Å². The highest BCUT2D eigenvalue weighted by molar-refractivity contribution is 6.09. The van der Waals surface area contributed by atoms with Crippen LogP contribution in [0.3, 0.4) is 0 Å². The number of furan rings is 2. The van der Waals surface area contributed by atoms with E-state index in [1.54, 1.807) is 0 Å². The minimum atomic E-state index is 0.574. The van der Waals surface area contributed by atoms with E-state index in [1.807, 2.05) is 24.3 Å². The lowest BCUT2D eigenvalue weighted by Gasteiger charge is -2.18. The molecule has 52 heavy (non-hydrogen) atoms. The van der Waals surface area contributed by atoms with Crippen molar-refractivity contribution in [3.63, 3.8) is 0 Å². The fourth-order valence-corrected chi connectivity index (χ4v) is 8.25. The second kappa shape index (κ2) is 11.5. The predicted octanol–water partition coefficient (Wildman–Crippen LogP) is 12.0. The van der Waals surface area contributed by atoms with Crippen molar-refractivity contribution in [1.29, 1.82) is 0 Å². The monoisotopic (exact) mass is 669 g/mol. The average molecular weight is 670 g/mol. The molecular weight excluding hydrogens is 639 g/mol. The first-order chi connectivity index (χ1) is 25.8. The summed E-state index contributed by atoms with van der Waals surface area (Å²) in [7, 11) is 0. The normalized spacial score (nSPS) is 13.9. The van der Waals surface area contributed by atoms with E-state index in [2.05, 4.69) is 115 Å². The molecule has 3 aromatic heterocycles. The Bertz CT molecular complexity index is 2980. The lowest BCUT2D eigenvalue weighted by molar-refractivity contribution is 0.545. The Balaban J connectivity index is 1.16. The Kier molecular flexibility index (Phi) is 6.44. The lowest BCUT2D eigenvalue weighted by atomic mass is 9.87. The maximum atomic E-state index is 6.51. The van der Waals surface area contributed by atoms with Crippen molar-refractivity contribution in [2.75, 3.05) is 0 Å². The van der Waals surface area contributed by atoms with Crippen LogP contribution in [0.25, 0.3) is 89.5 Å². The number of nitrogens with zero attached hydrogens (tertiary/aromatic N) is 3. The summed E-state index contributed by atoms with van der Waals surface area (Å²) < 4.78 is 12.9. The van der Waals surface area contributed by atoms with Crippen LogP contribution >= 0.6 is 0 Å². The lowest BCUT2D eigenvalue weighted by Crippen LogP contribution is -2.04. The van der Waals surface area contributed by atoms with Gasteiger partial charge in [-0.15, -0.1) is 0 Å². The first kappa shape index (κ1) is 29.2. The minimum absolute atomic E-state index is 0.574. The molecule has 0 saturated heterocycles. The zero-order chi connectivity index (χ0) is 34.2. The van der Waals surface area contributed by atoms with Crippen molar-refractivity contribution in [1.82, 2.24) is 15.0 Å². The van der Waals surface area contributed by atoms with Crippen molar-refractivity contribution < 1.29 is 8.83 Å². The molecule has 11 rings (SSSR count). The van der Waals surface area contributed by atoms with E-state index in [4.69, 9.17) is 23.8 Å². The van der Waals surface area contributed by atoms with Gasteiger partial charge in [-0.2, -0.15) is 0 Å². The number of aromatic nitrogens is 3. The van der Waals surface area contributed by atoms with E-state index < -0.39 is 0 Å². The fraction of sp³-hybridized carbons (Fsp3) is 0.0851. The predicted molar refractivity (Wildman–Crippen MR) is 210 cm³/mol. The van der Waals surface area contributed by atoms with E-state index in [0.717, 1.165) is 97.7 Å². The van der Waals surface area contributed by atoms with Crippen LogP contribution in [0.15, 0.2) is 142 Å². The van der Waals surface area contributed by atoms with Crippen molar-refractivity contribution in [2.45, 2.75) is 25.7 Å². The first-order valence-electron chi connectivity index (χ1n) is 18.0. The van der Waals surface area contributed by atoms with Crippen LogP contribution in [0, 0.1) is 0 Å². The molecule has 0 aliphatic heterocycles. The quantitative estimate of drug-likeness (QED) is 0.187. The molecule has 2 aliphatic carbocycles. The minimum Gasteiger partial charge on any atom is -0.460 e. The molecule has 5 nitrogen and oxygen atoms in total. The molecule has 0 N–H and O–H groups in total. The van der Waals surface area contributed by atoms with Crippen LogP contribution in [-0.4, -0.2) is 15.0 Å². The number of rotatable bonds is 4. The Morgan fingerprint density at radius 1 is 0.519 bits per heavy atom. The van der Waals surface area contributed by atoms with Crippen molar-refractivity contribution in [3.05, 3.63) is 161 Å². The molecule has 0 fully saturated rings. The number of fused-ring (bicyclic) bond motifs is 9. The summed E-state index contributed by atoms with van der Waals surface area (Å²) in [6, 6.07) is 42.2. The zero-order valence-corrected chi connectivity index (χ0v) is 28.3. The summed E-state index contributed by atoms with van der Waals surface area (Å²) in [5.74, 6) is 2.84. The van der Waals surface area contributed by atoms with Gasteiger partial charge in [-0.05, 0) is 76.6 Å². The molecule has 3 heterocycles. The Morgan fingerprint density at radius 3 is 2.13 bits per heavy atom. The second-order valence-electron chi connectivity index (χ2n) is 13.7. The van der Waals surface area contributed by atoms with Gasteiger partial charge in [0.2, 0.25) is 0 Å². The summed E-state index contributed by atoms with van der Waals surface area (Å²) in [6.07, 6.45) is 10.7. The molecular formula is C47H31N3O2. The van der Waals surface area contributed by atoms with Crippen LogP contribution in [0.2, 0.25) is 0 Å². The molecule has 6 aromatic carbocycles. The maximum Gasteiger partial charge on any atom is 0.167 e. The van der Waals surface area contributed by atoms with Crippen LogP contribution in [0.1, 0.15) is 40.9 Å². The van der Waals surface area contributed by atoms with Gasteiger partial charge >= 0.3 is 0 Å². The third kappa shape index (κ3) is 4.52. The summed E-state index contributed by atoms with van der Waals surface area (Å²) in [5, 5.41) is 5.70. The summed E-state index contributed by atoms with van der Waals surface area (Å²) in [5.41, 5.74) is 11.3. The van der Waals surface area contributed by atoms with Crippen molar-refractivity contribution in [2.24, 2.45) is 0 Å². The molecule has 246 valence electrons. The van der Waals surface area contributed by atoms with Crippen molar-refractivity contribution in [3.8, 4) is 34.2 Å². The third-order valence-corrected chi connectivity index (χ3v) is 10.7. The van der Waals surface area contributed by atoms with Gasteiger partial charge in [0, 0.05) is 39.3 Å². The van der Waals surface area contributed by atoms with E-state index in [0.29, 0.717) is 17.5 Å². The molecule has 5 heteroatoms. The summed E-state index contributed by atoms with van der Waals surface area (Å²) in [6.45, 7) is 0. The number of para-hydroxylation sites is 3. The van der Waals surface area contributed by atoms with Crippen LogP contribution in [0.5, 0.6) is 0 Å². The Labute approximate surface area is 299 Å². The molecule has 0 radical (unpaired) electrons. The van der Waals surface area contributed by atoms with Crippen LogP contribution in [0.4, 0.5) is 0 Å². The molecule has 0 spiro atoms. The Hall–Kier alpha value is -6.59. The molecule has 0 bridgehead atoms. The van der Waals surface area contributed by atoms with Gasteiger partial charge in [-0.1, -0.05) is 115 Å². The van der Waals surface area contributed by atoms with Gasteiger partial charge in [0.25, 0.3) is 0 Å². The smallest absolute Gasteiger partial charge is 0.167 e. The largest absolute Gasteiger partial charge is 0.460 e. The molecule has 0 amide bonds. The highest BCUT2D eigenvalue weighted by Gasteiger charge is 2.25. The van der Waals surface area contributed by atoms with Crippen molar-refractivity contribution >= 4 is 55.3 Å². The van der Waals surface area contributed by atoms with E-state index in [1.165, 1.54) is 21.9 Å². The van der Waals surface area contributed by atoms with Gasteiger partial charge < -0.3 is 8.83 Å². The molecule has 9 aromatic rings. The highest BCUT2D eigenvalue weighted by Crippen LogP contribution is 2.43. The number of hydrogen-bond acceptors (Lipinski definition) is 5. The van der Waals surface area contributed by atoms with Gasteiger partial charge in [-0.25, -0.2) is 15.0 Å². The summed E-state index contributed by atoms with van der Waals surface area (Å²) >= 11 is 0. The number of allylic oxidation sites excluding steroid dienone is 2. The van der Waals surface area contributed by atoms with E-state index in [9.17, 15) is 0 Å². The SMILES string of the molecule is C1=Cc2ccc3ccc(-c4nc(-c5ccccc5C5=CCCc6oc7ccccc7c65)nc(-c5cccc6c5oc5ccccc56)n4)cc3c2CC1. The first-order valence-corrected chi connectivity index (χ1v) is 18.0. The highest BCUT2D eigenvalue weighted by atomic mass is 16.3. The Morgan fingerprint density at radius 2 is 1.23 bits per heavy atom. The topological polar surface area (TPSA) is 65.0 Å². The summed E-state index contributed by atoms with van der Waals surface area (Å²) in [4.78, 5) is 15.8. The molecule has 0 unspecified atom stereocenters. The zero-order valence-electron chi connectivity index (χ0n) is 28.3. The molecule has 0 saturated carbocycles. The fourth-order valence-electron chi connectivity index (χ4n) is 8.25. The number of benzene rings is 6. The van der Waals surface area contributed by atoms with Crippen LogP contribution < -0.4 is 0 Å². The van der Waals surface area contributed by atoms with Gasteiger partial charge in [0.15, 0.2) is 17.5 Å². The standard InChI is InChI=1S/C47H31N3O2/c1-2-12-31-28(11-1)23-24-29-25-26-30(27-39(29)31)45-48-46(50-47(49-45)38-19-9-18-35-33-14-5-7-20-40(33)52-44(35)38)36-15-4-3-13-32(36)34-17-10-22-42-43(34)37-16-6-8-21-41(37)51-42/h1,3-9,11,13-21,23-27H,2,10,12,22H2. The van der Waals surface area contributed by atoms with E-state index in [-0.39, 0.29) is 0 Å².